The van der Waals surface area contributed by atoms with Gasteiger partial charge in [0, 0.05) is 29.6 Å². The summed E-state index contributed by atoms with van der Waals surface area (Å²) in [6.45, 7) is 8.85. The monoisotopic (exact) mass is 432 g/mol. The topological polar surface area (TPSA) is 96.0 Å². The third kappa shape index (κ3) is 3.97. The molecule has 2 aromatic carbocycles. The van der Waals surface area contributed by atoms with E-state index in [1.807, 2.05) is 6.07 Å². The molecule has 0 saturated carbocycles. The maximum atomic E-state index is 12.7. The average Bonchev–Trinajstić information content (AvgIpc) is 3.33. The number of ether oxygens (including phenoxy) is 3. The highest BCUT2D eigenvalue weighted by atomic mass is 16.6. The molecule has 0 aromatic heterocycles. The van der Waals surface area contributed by atoms with Gasteiger partial charge in [0.2, 0.25) is 0 Å². The lowest BCUT2D eigenvalue weighted by Crippen LogP contribution is -2.14. The number of ketones is 1. The zero-order valence-electron chi connectivity index (χ0n) is 17.5. The molecule has 7 nitrogen and oxygen atoms in total. The van der Waals surface area contributed by atoms with Crippen molar-refractivity contribution in [2.75, 3.05) is 0 Å². The standard InChI is InChI=1S/C25H20O7/c1-13(2)24(28)31-20-10-8-16(17-12-21(27)32-23(17)20)11-14(3)25(29)30-19-6-4-5-15-7-9-18(26)22(15)19/h4-6,8,10H,1,3,7,9,11-12H2,2H3. The van der Waals surface area contributed by atoms with Crippen LogP contribution in [0, 0.1) is 0 Å². The number of hydrogen-bond donors (Lipinski definition) is 0. The lowest BCUT2D eigenvalue weighted by atomic mass is 9.98. The highest BCUT2D eigenvalue weighted by Crippen LogP contribution is 2.39. The second kappa shape index (κ2) is 8.26. The first kappa shape index (κ1) is 21.2. The van der Waals surface area contributed by atoms with E-state index in [0.717, 1.165) is 5.56 Å². The summed E-state index contributed by atoms with van der Waals surface area (Å²) >= 11 is 0. The Hall–Kier alpha value is -4.00. The number of carbonyl (C=O) groups is 4. The van der Waals surface area contributed by atoms with Crippen LogP contribution in [-0.4, -0.2) is 23.7 Å². The summed E-state index contributed by atoms with van der Waals surface area (Å²) in [6.07, 6.45) is 1.10. The van der Waals surface area contributed by atoms with Gasteiger partial charge in [-0.2, -0.15) is 0 Å². The normalized spacial score (nSPS) is 13.8. The molecular weight excluding hydrogens is 412 g/mol. The molecule has 1 aliphatic heterocycles. The fourth-order valence-corrected chi connectivity index (χ4v) is 3.71. The Labute approximate surface area is 184 Å². The van der Waals surface area contributed by atoms with Crippen LogP contribution < -0.4 is 14.2 Å². The molecular formula is C25H20O7. The van der Waals surface area contributed by atoms with Crippen LogP contribution in [0.3, 0.4) is 0 Å². The highest BCUT2D eigenvalue weighted by Gasteiger charge is 2.30. The van der Waals surface area contributed by atoms with E-state index in [1.54, 1.807) is 18.2 Å². The van der Waals surface area contributed by atoms with E-state index >= 15 is 0 Å². The summed E-state index contributed by atoms with van der Waals surface area (Å²) in [5, 5.41) is 0. The molecule has 4 rings (SSSR count). The number of fused-ring (bicyclic) bond motifs is 2. The Morgan fingerprint density at radius 1 is 1.00 bits per heavy atom. The van der Waals surface area contributed by atoms with E-state index < -0.39 is 17.9 Å². The third-order valence-corrected chi connectivity index (χ3v) is 5.32. The molecule has 162 valence electrons. The number of rotatable bonds is 6. The molecule has 0 amide bonds. The van der Waals surface area contributed by atoms with Crippen LogP contribution in [-0.2, 0) is 33.6 Å². The molecule has 0 unspecified atom stereocenters. The Morgan fingerprint density at radius 2 is 1.75 bits per heavy atom. The molecule has 7 heteroatoms. The first-order valence-electron chi connectivity index (χ1n) is 10.0. The van der Waals surface area contributed by atoms with Crippen LogP contribution in [0.5, 0.6) is 17.2 Å². The minimum Gasteiger partial charge on any atom is -0.422 e. The van der Waals surface area contributed by atoms with Gasteiger partial charge >= 0.3 is 17.9 Å². The van der Waals surface area contributed by atoms with Gasteiger partial charge in [-0.3, -0.25) is 9.59 Å². The summed E-state index contributed by atoms with van der Waals surface area (Å²) < 4.78 is 15.9. The van der Waals surface area contributed by atoms with Gasteiger partial charge in [0.25, 0.3) is 0 Å². The van der Waals surface area contributed by atoms with Crippen molar-refractivity contribution in [2.24, 2.45) is 0 Å². The van der Waals surface area contributed by atoms with E-state index in [2.05, 4.69) is 13.2 Å². The van der Waals surface area contributed by atoms with Crippen LogP contribution in [0.25, 0.3) is 0 Å². The van der Waals surface area contributed by atoms with Gasteiger partial charge in [-0.25, -0.2) is 9.59 Å². The molecule has 0 fully saturated rings. The van der Waals surface area contributed by atoms with Crippen molar-refractivity contribution in [1.29, 1.82) is 0 Å². The molecule has 0 atom stereocenters. The second-order valence-electron chi connectivity index (χ2n) is 7.73. The summed E-state index contributed by atoms with van der Waals surface area (Å²) in [4.78, 5) is 48.6. The molecule has 0 radical (unpaired) electrons. The van der Waals surface area contributed by atoms with Gasteiger partial charge < -0.3 is 14.2 Å². The van der Waals surface area contributed by atoms with Crippen molar-refractivity contribution in [1.82, 2.24) is 0 Å². The van der Waals surface area contributed by atoms with Gasteiger partial charge in [0.15, 0.2) is 17.3 Å². The lowest BCUT2D eigenvalue weighted by Gasteiger charge is -2.13. The molecule has 0 bridgehead atoms. The van der Waals surface area contributed by atoms with Gasteiger partial charge in [-0.1, -0.05) is 31.4 Å². The summed E-state index contributed by atoms with van der Waals surface area (Å²) in [5.41, 5.74) is 2.79. The molecule has 0 saturated heterocycles. The van der Waals surface area contributed by atoms with E-state index in [1.165, 1.54) is 13.0 Å². The van der Waals surface area contributed by atoms with Crippen molar-refractivity contribution in [2.45, 2.75) is 32.6 Å². The van der Waals surface area contributed by atoms with Crippen LogP contribution in [0.4, 0.5) is 0 Å². The minimum atomic E-state index is -0.671. The molecule has 32 heavy (non-hydrogen) atoms. The maximum Gasteiger partial charge on any atom is 0.339 e. The molecule has 0 N–H and O–H groups in total. The second-order valence-corrected chi connectivity index (χ2v) is 7.73. The van der Waals surface area contributed by atoms with Gasteiger partial charge in [0.1, 0.15) is 5.75 Å². The molecule has 1 aliphatic carbocycles. The van der Waals surface area contributed by atoms with Gasteiger partial charge in [-0.05, 0) is 36.6 Å². The quantitative estimate of drug-likeness (QED) is 0.392. The van der Waals surface area contributed by atoms with Crippen molar-refractivity contribution < 1.29 is 33.4 Å². The molecule has 0 spiro atoms. The fourth-order valence-electron chi connectivity index (χ4n) is 3.71. The van der Waals surface area contributed by atoms with E-state index in [4.69, 9.17) is 14.2 Å². The third-order valence-electron chi connectivity index (χ3n) is 5.32. The van der Waals surface area contributed by atoms with Crippen LogP contribution in [0.1, 0.15) is 40.4 Å². The molecule has 2 aromatic rings. The number of hydrogen-bond acceptors (Lipinski definition) is 7. The van der Waals surface area contributed by atoms with E-state index in [9.17, 15) is 19.2 Å². The number of Topliss-reactive ketones (excluding diaryl/α,β-unsaturated/α-hetero) is 1. The first-order chi connectivity index (χ1) is 15.2. The van der Waals surface area contributed by atoms with Crippen molar-refractivity contribution >= 4 is 23.7 Å². The van der Waals surface area contributed by atoms with Crippen molar-refractivity contribution in [3.63, 3.8) is 0 Å². The fraction of sp³-hybridized carbons (Fsp3) is 0.200. The zero-order chi connectivity index (χ0) is 23.0. The first-order valence-corrected chi connectivity index (χ1v) is 10.0. The summed E-state index contributed by atoms with van der Waals surface area (Å²) in [5.74, 6) is -1.38. The minimum absolute atomic E-state index is 0.0217. The predicted molar refractivity (Wildman–Crippen MR) is 114 cm³/mol. The van der Waals surface area contributed by atoms with Crippen molar-refractivity contribution in [3.05, 3.63) is 76.9 Å². The van der Waals surface area contributed by atoms with Gasteiger partial charge in [0.05, 0.1) is 12.0 Å². The van der Waals surface area contributed by atoms with Crippen LogP contribution in [0.15, 0.2) is 54.6 Å². The Kier molecular flexibility index (Phi) is 5.48. The average molecular weight is 432 g/mol. The maximum absolute atomic E-state index is 12.7. The predicted octanol–water partition coefficient (Wildman–Crippen LogP) is 3.46. The largest absolute Gasteiger partial charge is 0.422 e. The molecule has 1 heterocycles. The summed E-state index contributed by atoms with van der Waals surface area (Å²) in [6, 6.07) is 8.31. The Bertz CT molecular complexity index is 1220. The summed E-state index contributed by atoms with van der Waals surface area (Å²) in [7, 11) is 0. The Balaban J connectivity index is 1.53. The lowest BCUT2D eigenvalue weighted by molar-refractivity contribution is -0.133. The number of aryl methyl sites for hydroxylation is 1. The SMILES string of the molecule is C=C(C)C(=O)Oc1ccc(CC(=C)C(=O)Oc2cccc3c2C(=O)CC3)c2c1OC(=O)C2. The number of benzene rings is 2. The Morgan fingerprint density at radius 3 is 2.50 bits per heavy atom. The van der Waals surface area contributed by atoms with E-state index in [0.29, 0.717) is 29.5 Å². The molecule has 2 aliphatic rings. The zero-order valence-corrected chi connectivity index (χ0v) is 17.5. The van der Waals surface area contributed by atoms with Gasteiger partial charge in [-0.15, -0.1) is 0 Å². The number of carbonyl (C=O) groups excluding carboxylic acids is 4. The van der Waals surface area contributed by atoms with Crippen molar-refractivity contribution in [3.8, 4) is 17.2 Å². The van der Waals surface area contributed by atoms with Crippen LogP contribution >= 0.6 is 0 Å². The highest BCUT2D eigenvalue weighted by molar-refractivity contribution is 6.04. The number of esters is 3. The smallest absolute Gasteiger partial charge is 0.339 e. The van der Waals surface area contributed by atoms with E-state index in [-0.39, 0.29) is 47.0 Å². The van der Waals surface area contributed by atoms with Crippen LogP contribution in [0.2, 0.25) is 0 Å².